The second kappa shape index (κ2) is 13.5. The van der Waals surface area contributed by atoms with E-state index < -0.39 is 0 Å². The zero-order valence-corrected chi connectivity index (χ0v) is 21.1. The number of aryl methyl sites for hydroxylation is 1. The first-order chi connectivity index (χ1) is 14.7. The molecule has 1 atom stereocenters. The van der Waals surface area contributed by atoms with E-state index in [1.807, 2.05) is 30.7 Å². The molecule has 9 heteroatoms. The quantitative estimate of drug-likeness (QED) is 0.273. The summed E-state index contributed by atoms with van der Waals surface area (Å²) < 4.78 is 13.4. The molecule has 0 amide bonds. The third-order valence-corrected chi connectivity index (χ3v) is 5.16. The van der Waals surface area contributed by atoms with Crippen molar-refractivity contribution in [3.63, 3.8) is 0 Å². The topological polar surface area (TPSA) is 85.6 Å². The molecule has 3 rings (SSSR count). The van der Waals surface area contributed by atoms with Crippen molar-refractivity contribution < 1.29 is 9.47 Å². The second-order valence-electron chi connectivity index (χ2n) is 7.58. The minimum absolute atomic E-state index is 0. The molecule has 172 valence electrons. The van der Waals surface area contributed by atoms with Gasteiger partial charge in [0.25, 0.3) is 0 Å². The fraction of sp³-hybridized carbons (Fsp3) is 0.591. The number of nitrogens with zero attached hydrogens (tertiary/aromatic N) is 4. The molecule has 1 aliphatic rings. The Labute approximate surface area is 202 Å². The van der Waals surface area contributed by atoms with E-state index in [0.717, 1.165) is 75.3 Å². The average molecular weight is 542 g/mol. The lowest BCUT2D eigenvalue weighted by atomic mass is 10.1. The van der Waals surface area contributed by atoms with Gasteiger partial charge in [0.15, 0.2) is 11.8 Å². The van der Waals surface area contributed by atoms with Gasteiger partial charge in [0.2, 0.25) is 0 Å². The third kappa shape index (κ3) is 8.29. The highest BCUT2D eigenvalue weighted by molar-refractivity contribution is 14.0. The summed E-state index contributed by atoms with van der Waals surface area (Å²) in [7, 11) is 1.96. The van der Waals surface area contributed by atoms with Crippen LogP contribution in [0.2, 0.25) is 0 Å². The number of guanidine groups is 1. The summed E-state index contributed by atoms with van der Waals surface area (Å²) >= 11 is 0. The normalized spacial score (nSPS) is 16.1. The van der Waals surface area contributed by atoms with Crippen LogP contribution in [0.15, 0.2) is 29.3 Å². The van der Waals surface area contributed by atoms with Gasteiger partial charge in [-0.25, -0.2) is 4.99 Å². The minimum Gasteiger partial charge on any atom is -0.494 e. The summed E-state index contributed by atoms with van der Waals surface area (Å²) in [6.45, 7) is 7.64. The van der Waals surface area contributed by atoms with E-state index in [1.165, 1.54) is 5.56 Å². The monoisotopic (exact) mass is 542 g/mol. The Balaban J connectivity index is 0.00000341. The van der Waals surface area contributed by atoms with Crippen molar-refractivity contribution in [3.05, 3.63) is 41.5 Å². The van der Waals surface area contributed by atoms with Gasteiger partial charge in [0.1, 0.15) is 18.1 Å². The summed E-state index contributed by atoms with van der Waals surface area (Å²) in [4.78, 5) is 4.71. The van der Waals surface area contributed by atoms with Crippen molar-refractivity contribution in [2.45, 2.75) is 52.2 Å². The zero-order chi connectivity index (χ0) is 21.2. The van der Waals surface area contributed by atoms with Crippen LogP contribution in [-0.2, 0) is 24.8 Å². The van der Waals surface area contributed by atoms with Gasteiger partial charge in [-0.1, -0.05) is 19.1 Å². The second-order valence-corrected chi connectivity index (χ2v) is 7.58. The molecule has 1 saturated heterocycles. The lowest BCUT2D eigenvalue weighted by Gasteiger charge is -2.16. The van der Waals surface area contributed by atoms with E-state index >= 15 is 0 Å². The summed E-state index contributed by atoms with van der Waals surface area (Å²) in [5, 5.41) is 15.2. The van der Waals surface area contributed by atoms with Crippen molar-refractivity contribution in [2.75, 3.05) is 26.3 Å². The predicted molar refractivity (Wildman–Crippen MR) is 133 cm³/mol. The number of aliphatic imine (C=N–C) groups is 1. The lowest BCUT2D eigenvalue weighted by Crippen LogP contribution is -2.42. The van der Waals surface area contributed by atoms with Crippen LogP contribution in [0.25, 0.3) is 0 Å². The number of ether oxygens (including phenoxy) is 2. The maximum Gasteiger partial charge on any atom is 0.191 e. The van der Waals surface area contributed by atoms with E-state index in [9.17, 15) is 0 Å². The van der Waals surface area contributed by atoms with Crippen LogP contribution in [0.1, 0.15) is 43.4 Å². The summed E-state index contributed by atoms with van der Waals surface area (Å²) in [5.41, 5.74) is 1.23. The molecule has 0 bridgehead atoms. The first-order valence-corrected chi connectivity index (χ1v) is 10.9. The largest absolute Gasteiger partial charge is 0.494 e. The molecule has 1 aromatic carbocycles. The van der Waals surface area contributed by atoms with Gasteiger partial charge < -0.3 is 24.7 Å². The molecule has 2 heterocycles. The van der Waals surface area contributed by atoms with Crippen LogP contribution in [0.5, 0.6) is 5.75 Å². The molecule has 2 N–H and O–H groups in total. The van der Waals surface area contributed by atoms with Crippen molar-refractivity contribution in [2.24, 2.45) is 12.0 Å². The minimum atomic E-state index is 0. The van der Waals surface area contributed by atoms with E-state index in [1.54, 1.807) is 0 Å². The van der Waals surface area contributed by atoms with Crippen molar-refractivity contribution in [3.8, 4) is 5.75 Å². The Morgan fingerprint density at radius 1 is 1.32 bits per heavy atom. The molecule has 1 unspecified atom stereocenters. The first-order valence-electron chi connectivity index (χ1n) is 10.9. The van der Waals surface area contributed by atoms with Crippen LogP contribution in [0, 0.1) is 6.92 Å². The summed E-state index contributed by atoms with van der Waals surface area (Å²) in [6.07, 6.45) is 4.36. The van der Waals surface area contributed by atoms with Crippen LogP contribution in [0.3, 0.4) is 0 Å². The predicted octanol–water partition coefficient (Wildman–Crippen LogP) is 2.99. The average Bonchev–Trinajstić information content (AvgIpc) is 3.39. The van der Waals surface area contributed by atoms with Gasteiger partial charge >= 0.3 is 0 Å². The van der Waals surface area contributed by atoms with Crippen LogP contribution in [0.4, 0.5) is 0 Å². The number of aromatic nitrogens is 3. The molecule has 0 saturated carbocycles. The number of benzene rings is 1. The van der Waals surface area contributed by atoms with Crippen LogP contribution in [-0.4, -0.2) is 53.1 Å². The molecule has 0 aliphatic carbocycles. The van der Waals surface area contributed by atoms with Crippen LogP contribution >= 0.6 is 24.0 Å². The fourth-order valence-electron chi connectivity index (χ4n) is 3.26. The van der Waals surface area contributed by atoms with Gasteiger partial charge in [-0.05, 0) is 50.3 Å². The van der Waals surface area contributed by atoms with Gasteiger partial charge in [-0.15, -0.1) is 34.2 Å². The van der Waals surface area contributed by atoms with Gasteiger partial charge in [-0.3, -0.25) is 0 Å². The number of halogens is 1. The molecule has 0 spiro atoms. The summed E-state index contributed by atoms with van der Waals surface area (Å²) in [6, 6.07) is 8.28. The zero-order valence-electron chi connectivity index (χ0n) is 18.8. The smallest absolute Gasteiger partial charge is 0.191 e. The van der Waals surface area contributed by atoms with Crippen molar-refractivity contribution >= 4 is 29.9 Å². The molecular weight excluding hydrogens is 507 g/mol. The van der Waals surface area contributed by atoms with E-state index in [4.69, 9.17) is 14.5 Å². The Morgan fingerprint density at radius 2 is 2.19 bits per heavy atom. The molecule has 0 radical (unpaired) electrons. The van der Waals surface area contributed by atoms with E-state index in [-0.39, 0.29) is 30.1 Å². The maximum absolute atomic E-state index is 5.73. The highest BCUT2D eigenvalue weighted by Gasteiger charge is 2.15. The Bertz CT molecular complexity index is 820. The Morgan fingerprint density at radius 3 is 2.90 bits per heavy atom. The van der Waals surface area contributed by atoms with Crippen molar-refractivity contribution in [1.82, 2.24) is 25.4 Å². The molecular formula is C22H35IN6O2. The molecule has 31 heavy (non-hydrogen) atoms. The van der Waals surface area contributed by atoms with E-state index in [0.29, 0.717) is 6.54 Å². The van der Waals surface area contributed by atoms with Crippen LogP contribution < -0.4 is 15.4 Å². The first kappa shape index (κ1) is 25.4. The third-order valence-electron chi connectivity index (χ3n) is 5.16. The Hall–Kier alpha value is -1.88. The fourth-order valence-corrected chi connectivity index (χ4v) is 3.26. The van der Waals surface area contributed by atoms with Gasteiger partial charge in [-0.2, -0.15) is 0 Å². The SMILES string of the molecule is CCCOc1cccc(CCNC(=NCc2nnc(C)n2C)NCC2CCCO2)c1.I. The van der Waals surface area contributed by atoms with Gasteiger partial charge in [0, 0.05) is 26.7 Å². The number of hydrogen-bond acceptors (Lipinski definition) is 5. The molecule has 1 aliphatic heterocycles. The molecule has 1 aromatic heterocycles. The standard InChI is InChI=1S/C22H34N6O2.HI/c1-4-12-29-19-8-5-7-18(14-19)10-11-23-22(24-15-20-9-6-13-30-20)25-16-21-27-26-17(2)28(21)3;/h5,7-8,14,20H,4,6,9-13,15-16H2,1-3H3,(H2,23,24,25);1H. The number of rotatable bonds is 10. The number of nitrogens with one attached hydrogen (secondary N) is 2. The molecule has 1 fully saturated rings. The molecule has 2 aromatic rings. The highest BCUT2D eigenvalue weighted by atomic mass is 127. The van der Waals surface area contributed by atoms with Gasteiger partial charge in [0.05, 0.1) is 12.7 Å². The number of hydrogen-bond donors (Lipinski definition) is 2. The van der Waals surface area contributed by atoms with Crippen molar-refractivity contribution in [1.29, 1.82) is 0 Å². The lowest BCUT2D eigenvalue weighted by molar-refractivity contribution is 0.114. The summed E-state index contributed by atoms with van der Waals surface area (Å²) in [5.74, 6) is 3.42. The molecule has 8 nitrogen and oxygen atoms in total. The maximum atomic E-state index is 5.73. The Kier molecular flexibility index (Phi) is 11.1. The van der Waals surface area contributed by atoms with E-state index in [2.05, 4.69) is 39.9 Å². The highest BCUT2D eigenvalue weighted by Crippen LogP contribution is 2.14.